The average Bonchev–Trinajstić information content (AvgIpc) is 2.69. The van der Waals surface area contributed by atoms with Crippen molar-refractivity contribution < 1.29 is 4.39 Å². The van der Waals surface area contributed by atoms with Gasteiger partial charge in [-0.05, 0) is 91.5 Å². The van der Waals surface area contributed by atoms with E-state index in [0.717, 1.165) is 23.3 Å². The largest absolute Gasteiger partial charge is 0.399 e. The fourth-order valence-corrected chi connectivity index (χ4v) is 5.36. The molecule has 0 spiro atoms. The Morgan fingerprint density at radius 2 is 1.37 bits per heavy atom. The Morgan fingerprint density at radius 1 is 0.778 bits per heavy atom. The zero-order valence-corrected chi connectivity index (χ0v) is 16.5. The molecule has 2 heteroatoms. The van der Waals surface area contributed by atoms with Crippen LogP contribution in [0.3, 0.4) is 0 Å². The molecule has 0 unspecified atom stereocenters. The number of nitrogen functional groups attached to an aromatic ring is 1. The van der Waals surface area contributed by atoms with Gasteiger partial charge in [0.05, 0.1) is 0 Å². The van der Waals surface area contributed by atoms with Crippen LogP contribution < -0.4 is 5.73 Å². The lowest BCUT2D eigenvalue weighted by atomic mass is 9.68. The average molecular weight is 366 g/mol. The van der Waals surface area contributed by atoms with Gasteiger partial charge in [-0.1, -0.05) is 44.0 Å². The molecule has 27 heavy (non-hydrogen) atoms. The molecule has 2 fully saturated rings. The Labute approximate surface area is 163 Å². The molecule has 2 N–H and O–H groups in total. The van der Waals surface area contributed by atoms with Crippen molar-refractivity contribution in [1.29, 1.82) is 0 Å². The van der Waals surface area contributed by atoms with Gasteiger partial charge in [-0.25, -0.2) is 4.39 Å². The molecule has 2 saturated carbocycles. The second-order valence-electron chi connectivity index (χ2n) is 8.99. The van der Waals surface area contributed by atoms with E-state index in [-0.39, 0.29) is 5.82 Å². The summed E-state index contributed by atoms with van der Waals surface area (Å²) in [5.41, 5.74) is 9.20. The molecule has 0 radical (unpaired) electrons. The molecule has 2 aliphatic rings. The second-order valence-corrected chi connectivity index (χ2v) is 8.99. The first-order valence-corrected chi connectivity index (χ1v) is 10.8. The minimum atomic E-state index is -0.110. The van der Waals surface area contributed by atoms with Crippen molar-refractivity contribution in [3.63, 3.8) is 0 Å². The van der Waals surface area contributed by atoms with Crippen LogP contribution >= 0.6 is 0 Å². The minimum Gasteiger partial charge on any atom is -0.399 e. The number of nitrogens with two attached hydrogens (primary N) is 1. The van der Waals surface area contributed by atoms with Gasteiger partial charge in [-0.3, -0.25) is 0 Å². The molecule has 0 amide bonds. The highest BCUT2D eigenvalue weighted by Gasteiger charge is 2.30. The predicted octanol–water partition coefficient (Wildman–Crippen LogP) is 7.18. The number of hydrogen-bond acceptors (Lipinski definition) is 1. The molecule has 2 aromatic carbocycles. The first kappa shape index (κ1) is 18.5. The number of halogens is 1. The Hall–Kier alpha value is -1.83. The Morgan fingerprint density at radius 3 is 1.96 bits per heavy atom. The topological polar surface area (TPSA) is 26.0 Å². The summed E-state index contributed by atoms with van der Waals surface area (Å²) in [6, 6.07) is 13.3. The normalized spacial score (nSPS) is 28.8. The van der Waals surface area contributed by atoms with E-state index >= 15 is 0 Å². The van der Waals surface area contributed by atoms with Crippen LogP contribution in [0.2, 0.25) is 0 Å². The van der Waals surface area contributed by atoms with E-state index in [9.17, 15) is 4.39 Å². The first-order valence-electron chi connectivity index (χ1n) is 10.8. The van der Waals surface area contributed by atoms with Crippen molar-refractivity contribution in [3.8, 4) is 11.1 Å². The summed E-state index contributed by atoms with van der Waals surface area (Å²) in [6.07, 6.45) is 10.8. The monoisotopic (exact) mass is 365 g/mol. The van der Waals surface area contributed by atoms with Gasteiger partial charge in [0, 0.05) is 11.3 Å². The van der Waals surface area contributed by atoms with Gasteiger partial charge >= 0.3 is 0 Å². The van der Waals surface area contributed by atoms with E-state index in [0.29, 0.717) is 17.2 Å². The molecule has 0 atom stereocenters. The predicted molar refractivity (Wildman–Crippen MR) is 112 cm³/mol. The maximum Gasteiger partial charge on any atom is 0.131 e. The SMILES string of the molecule is CC1CCC(C2CCC(c3ccc(-c4ccc(N)cc4)c(F)c3)CC2)CC1. The highest BCUT2D eigenvalue weighted by Crippen LogP contribution is 2.44. The lowest BCUT2D eigenvalue weighted by Crippen LogP contribution is -2.24. The maximum atomic E-state index is 14.8. The van der Waals surface area contributed by atoms with E-state index in [1.165, 1.54) is 56.9 Å². The van der Waals surface area contributed by atoms with Crippen LogP contribution in [-0.2, 0) is 0 Å². The third-order valence-electron chi connectivity index (χ3n) is 7.19. The molecule has 0 aliphatic heterocycles. The number of rotatable bonds is 3. The standard InChI is InChI=1S/C25H32FN/c1-17-2-4-18(5-3-17)19-6-8-20(9-7-19)22-12-15-24(25(26)16-22)21-10-13-23(27)14-11-21/h10-20H,2-9,27H2,1H3. The van der Waals surface area contributed by atoms with E-state index in [1.807, 2.05) is 30.3 Å². The van der Waals surface area contributed by atoms with Crippen molar-refractivity contribution in [2.75, 3.05) is 5.73 Å². The summed E-state index contributed by atoms with van der Waals surface area (Å²) in [5.74, 6) is 3.21. The third-order valence-corrected chi connectivity index (χ3v) is 7.19. The summed E-state index contributed by atoms with van der Waals surface area (Å²) < 4.78 is 14.8. The molecule has 2 aliphatic carbocycles. The summed E-state index contributed by atoms with van der Waals surface area (Å²) in [6.45, 7) is 2.40. The van der Waals surface area contributed by atoms with Gasteiger partial charge in [-0.15, -0.1) is 0 Å². The summed E-state index contributed by atoms with van der Waals surface area (Å²) in [5, 5.41) is 0. The Kier molecular flexibility index (Phi) is 5.52. The highest BCUT2D eigenvalue weighted by atomic mass is 19.1. The van der Waals surface area contributed by atoms with Crippen LogP contribution in [0.5, 0.6) is 0 Å². The third kappa shape index (κ3) is 4.20. The molecule has 4 rings (SSSR count). The van der Waals surface area contributed by atoms with Gasteiger partial charge in [0.2, 0.25) is 0 Å². The number of hydrogen-bond donors (Lipinski definition) is 1. The minimum absolute atomic E-state index is 0.110. The highest BCUT2D eigenvalue weighted by molar-refractivity contribution is 5.66. The maximum absolute atomic E-state index is 14.8. The first-order chi connectivity index (χ1) is 13.1. The van der Waals surface area contributed by atoms with Crippen LogP contribution in [-0.4, -0.2) is 0 Å². The van der Waals surface area contributed by atoms with Gasteiger partial charge in [0.1, 0.15) is 5.82 Å². The quantitative estimate of drug-likeness (QED) is 0.573. The van der Waals surface area contributed by atoms with Crippen LogP contribution in [0.25, 0.3) is 11.1 Å². The van der Waals surface area contributed by atoms with Crippen molar-refractivity contribution >= 4 is 5.69 Å². The Bertz CT molecular complexity index is 750. The van der Waals surface area contributed by atoms with E-state index in [2.05, 4.69) is 13.0 Å². The van der Waals surface area contributed by atoms with Gasteiger partial charge < -0.3 is 5.73 Å². The van der Waals surface area contributed by atoms with Crippen molar-refractivity contribution in [1.82, 2.24) is 0 Å². The van der Waals surface area contributed by atoms with Gasteiger partial charge in [0.15, 0.2) is 0 Å². The van der Waals surface area contributed by atoms with E-state index < -0.39 is 0 Å². The molecule has 0 saturated heterocycles. The summed E-state index contributed by atoms with van der Waals surface area (Å²) in [4.78, 5) is 0. The van der Waals surface area contributed by atoms with Crippen LogP contribution in [0, 0.1) is 23.6 Å². The zero-order valence-electron chi connectivity index (χ0n) is 16.5. The van der Waals surface area contributed by atoms with Crippen molar-refractivity contribution in [2.24, 2.45) is 17.8 Å². The van der Waals surface area contributed by atoms with E-state index in [4.69, 9.17) is 5.73 Å². The van der Waals surface area contributed by atoms with E-state index in [1.54, 1.807) is 6.07 Å². The van der Waals surface area contributed by atoms with Gasteiger partial charge in [-0.2, -0.15) is 0 Å². The van der Waals surface area contributed by atoms with Crippen LogP contribution in [0.1, 0.15) is 69.8 Å². The number of anilines is 1. The molecule has 0 heterocycles. The molecule has 0 aromatic heterocycles. The van der Waals surface area contributed by atoms with Crippen LogP contribution in [0.15, 0.2) is 42.5 Å². The molecule has 1 nitrogen and oxygen atoms in total. The molecule has 2 aromatic rings. The number of benzene rings is 2. The molecule has 144 valence electrons. The fourth-order valence-electron chi connectivity index (χ4n) is 5.36. The smallest absolute Gasteiger partial charge is 0.131 e. The molecular formula is C25H32FN. The second kappa shape index (κ2) is 8.04. The lowest BCUT2D eigenvalue weighted by molar-refractivity contribution is 0.165. The van der Waals surface area contributed by atoms with Gasteiger partial charge in [0.25, 0.3) is 0 Å². The lowest BCUT2D eigenvalue weighted by Gasteiger charge is -2.37. The van der Waals surface area contributed by atoms with Crippen molar-refractivity contribution in [3.05, 3.63) is 53.8 Å². The molecular weight excluding hydrogens is 333 g/mol. The van der Waals surface area contributed by atoms with Crippen LogP contribution in [0.4, 0.5) is 10.1 Å². The summed E-state index contributed by atoms with van der Waals surface area (Å²) >= 11 is 0. The summed E-state index contributed by atoms with van der Waals surface area (Å²) in [7, 11) is 0. The Balaban J connectivity index is 1.40. The molecule has 0 bridgehead atoms. The fraction of sp³-hybridized carbons (Fsp3) is 0.520. The zero-order chi connectivity index (χ0) is 18.8. The van der Waals surface area contributed by atoms with Crippen molar-refractivity contribution in [2.45, 2.75) is 64.2 Å².